The van der Waals surface area contributed by atoms with Crippen molar-refractivity contribution in [3.8, 4) is 0 Å². The summed E-state index contributed by atoms with van der Waals surface area (Å²) in [5, 5.41) is 4.00. The highest BCUT2D eigenvalue weighted by Crippen LogP contribution is 2.33. The lowest BCUT2D eigenvalue weighted by Crippen LogP contribution is -2.28. The van der Waals surface area contributed by atoms with Crippen LogP contribution in [0.5, 0.6) is 0 Å². The fourth-order valence-corrected chi connectivity index (χ4v) is 2.80. The zero-order valence-electron chi connectivity index (χ0n) is 11.8. The van der Waals surface area contributed by atoms with E-state index in [0.29, 0.717) is 21.0 Å². The van der Waals surface area contributed by atoms with Crippen molar-refractivity contribution < 1.29 is 4.39 Å². The Balaban J connectivity index is 3.05. The molecule has 1 aromatic rings. The summed E-state index contributed by atoms with van der Waals surface area (Å²) in [7, 11) is 0. The molecule has 1 aromatic carbocycles. The Hall–Kier alpha value is -0.120. The van der Waals surface area contributed by atoms with Gasteiger partial charge in [-0.3, -0.25) is 0 Å². The first kappa shape index (κ1) is 16.9. The van der Waals surface area contributed by atoms with Crippen LogP contribution in [0.1, 0.15) is 51.6 Å². The lowest BCUT2D eigenvalue weighted by atomic mass is 9.90. The molecule has 0 saturated heterocycles. The normalized spacial score (nSPS) is 14.4. The van der Waals surface area contributed by atoms with Crippen LogP contribution >= 0.6 is 27.5 Å². The van der Waals surface area contributed by atoms with Crippen molar-refractivity contribution in [2.75, 3.05) is 6.54 Å². The van der Waals surface area contributed by atoms with Gasteiger partial charge in [-0.2, -0.15) is 0 Å². The Kier molecular flexibility index (Phi) is 7.33. The predicted octanol–water partition coefficient (Wildman–Crippen LogP) is 5.72. The molecule has 0 radical (unpaired) electrons. The number of hydrogen-bond acceptors (Lipinski definition) is 1. The van der Waals surface area contributed by atoms with E-state index in [1.54, 1.807) is 6.07 Å². The Labute approximate surface area is 129 Å². The van der Waals surface area contributed by atoms with Gasteiger partial charge >= 0.3 is 0 Å². The van der Waals surface area contributed by atoms with Crippen LogP contribution < -0.4 is 5.32 Å². The quantitative estimate of drug-likeness (QED) is 0.620. The fraction of sp³-hybridized carbons (Fsp3) is 0.600. The van der Waals surface area contributed by atoms with Crippen molar-refractivity contribution in [3.63, 3.8) is 0 Å². The average molecular weight is 351 g/mol. The van der Waals surface area contributed by atoms with Crippen molar-refractivity contribution >= 4 is 27.5 Å². The van der Waals surface area contributed by atoms with Gasteiger partial charge < -0.3 is 5.32 Å². The Morgan fingerprint density at radius 1 is 1.32 bits per heavy atom. The Bertz CT molecular complexity index is 411. The molecule has 0 spiro atoms. The minimum atomic E-state index is -0.201. The lowest BCUT2D eigenvalue weighted by Gasteiger charge is -2.26. The molecule has 0 aromatic heterocycles. The van der Waals surface area contributed by atoms with E-state index >= 15 is 0 Å². The molecule has 108 valence electrons. The van der Waals surface area contributed by atoms with Crippen LogP contribution in [-0.4, -0.2) is 6.54 Å². The maximum Gasteiger partial charge on any atom is 0.129 e. The number of rotatable bonds is 7. The third kappa shape index (κ3) is 4.73. The Morgan fingerprint density at radius 3 is 2.58 bits per heavy atom. The minimum Gasteiger partial charge on any atom is -0.310 e. The minimum absolute atomic E-state index is 0.0190. The second-order valence-electron chi connectivity index (χ2n) is 4.99. The molecule has 0 fully saturated rings. The van der Waals surface area contributed by atoms with Crippen LogP contribution in [-0.2, 0) is 0 Å². The van der Waals surface area contributed by atoms with Gasteiger partial charge in [0.05, 0.1) is 5.02 Å². The molecule has 0 bridgehead atoms. The smallest absolute Gasteiger partial charge is 0.129 e. The van der Waals surface area contributed by atoms with Crippen LogP contribution in [0.2, 0.25) is 5.02 Å². The number of hydrogen-bond donors (Lipinski definition) is 1. The molecule has 0 aliphatic heterocycles. The lowest BCUT2D eigenvalue weighted by molar-refractivity contribution is 0.353. The molecule has 1 rings (SSSR count). The maximum absolute atomic E-state index is 14.2. The van der Waals surface area contributed by atoms with E-state index in [4.69, 9.17) is 11.6 Å². The fourth-order valence-electron chi connectivity index (χ4n) is 2.32. The molecule has 0 amide bonds. The first-order chi connectivity index (χ1) is 9.01. The molecule has 0 aliphatic rings. The van der Waals surface area contributed by atoms with Gasteiger partial charge in [0.1, 0.15) is 5.82 Å². The van der Waals surface area contributed by atoms with Gasteiger partial charge in [-0.1, -0.05) is 38.8 Å². The summed E-state index contributed by atoms with van der Waals surface area (Å²) >= 11 is 9.36. The molecular weight excluding hydrogens is 329 g/mol. The van der Waals surface area contributed by atoms with E-state index in [1.165, 1.54) is 6.07 Å². The number of benzene rings is 1. The van der Waals surface area contributed by atoms with Gasteiger partial charge in [-0.25, -0.2) is 4.39 Å². The SMILES string of the molecule is CCCNC(c1cc(Cl)c(Br)cc1F)C(C)CCC. The first-order valence-electron chi connectivity index (χ1n) is 6.89. The Morgan fingerprint density at radius 2 is 2.00 bits per heavy atom. The van der Waals surface area contributed by atoms with E-state index in [9.17, 15) is 4.39 Å². The van der Waals surface area contributed by atoms with E-state index in [0.717, 1.165) is 25.8 Å². The summed E-state index contributed by atoms with van der Waals surface area (Å²) in [6.45, 7) is 7.30. The van der Waals surface area contributed by atoms with Crippen molar-refractivity contribution in [1.29, 1.82) is 0 Å². The zero-order chi connectivity index (χ0) is 14.4. The highest BCUT2D eigenvalue weighted by Gasteiger charge is 2.22. The molecule has 1 nitrogen and oxygen atoms in total. The van der Waals surface area contributed by atoms with Crippen molar-refractivity contribution in [3.05, 3.63) is 33.0 Å². The summed E-state index contributed by atoms with van der Waals surface area (Å²) in [4.78, 5) is 0. The first-order valence-corrected chi connectivity index (χ1v) is 8.06. The predicted molar refractivity (Wildman–Crippen MR) is 84.2 cm³/mol. The molecule has 1 N–H and O–H groups in total. The summed E-state index contributed by atoms with van der Waals surface area (Å²) in [5.74, 6) is 0.177. The second kappa shape index (κ2) is 8.23. The monoisotopic (exact) mass is 349 g/mol. The molecule has 0 aliphatic carbocycles. The van der Waals surface area contributed by atoms with Gasteiger partial charge in [-0.05, 0) is 53.4 Å². The third-order valence-electron chi connectivity index (χ3n) is 3.30. The summed E-state index contributed by atoms with van der Waals surface area (Å²) in [6.07, 6.45) is 3.19. The zero-order valence-corrected chi connectivity index (χ0v) is 14.1. The maximum atomic E-state index is 14.2. The van der Waals surface area contributed by atoms with Crippen LogP contribution in [0.15, 0.2) is 16.6 Å². The van der Waals surface area contributed by atoms with Gasteiger partial charge in [-0.15, -0.1) is 0 Å². The van der Waals surface area contributed by atoms with Gasteiger partial charge in [0.25, 0.3) is 0 Å². The molecule has 2 unspecified atom stereocenters. The standard InChI is InChI=1S/C15H22BrClFN/c1-4-6-10(3)15(19-7-5-2)11-8-13(17)12(16)9-14(11)18/h8-10,15,19H,4-7H2,1-3H3. The van der Waals surface area contributed by atoms with Crippen LogP contribution in [0.25, 0.3) is 0 Å². The molecule has 4 heteroatoms. The molecular formula is C15H22BrClFN. The molecule has 2 atom stereocenters. The summed E-state index contributed by atoms with van der Waals surface area (Å²) in [5.41, 5.74) is 0.669. The van der Waals surface area contributed by atoms with Gasteiger partial charge in [0.15, 0.2) is 0 Å². The molecule has 0 heterocycles. The van der Waals surface area contributed by atoms with E-state index < -0.39 is 0 Å². The van der Waals surface area contributed by atoms with Crippen molar-refractivity contribution in [1.82, 2.24) is 5.32 Å². The van der Waals surface area contributed by atoms with Crippen molar-refractivity contribution in [2.24, 2.45) is 5.92 Å². The summed E-state index contributed by atoms with van der Waals surface area (Å²) < 4.78 is 14.8. The second-order valence-corrected chi connectivity index (χ2v) is 6.25. The van der Waals surface area contributed by atoms with Crippen LogP contribution in [0.4, 0.5) is 4.39 Å². The van der Waals surface area contributed by atoms with E-state index in [-0.39, 0.29) is 11.9 Å². The molecule has 19 heavy (non-hydrogen) atoms. The van der Waals surface area contributed by atoms with E-state index in [1.807, 2.05) is 0 Å². The molecule has 0 saturated carbocycles. The third-order valence-corrected chi connectivity index (χ3v) is 4.50. The van der Waals surface area contributed by atoms with Crippen molar-refractivity contribution in [2.45, 2.75) is 46.1 Å². The van der Waals surface area contributed by atoms with E-state index in [2.05, 4.69) is 42.0 Å². The summed E-state index contributed by atoms with van der Waals surface area (Å²) in [6, 6.07) is 3.21. The average Bonchev–Trinajstić information content (AvgIpc) is 2.36. The van der Waals surface area contributed by atoms with Crippen LogP contribution in [0.3, 0.4) is 0 Å². The van der Waals surface area contributed by atoms with Gasteiger partial charge in [0.2, 0.25) is 0 Å². The number of nitrogens with one attached hydrogen (secondary N) is 1. The topological polar surface area (TPSA) is 12.0 Å². The van der Waals surface area contributed by atoms with Crippen LogP contribution in [0, 0.1) is 11.7 Å². The number of halogens is 3. The van der Waals surface area contributed by atoms with Gasteiger partial charge in [0, 0.05) is 16.1 Å². The largest absolute Gasteiger partial charge is 0.310 e. The highest BCUT2D eigenvalue weighted by atomic mass is 79.9. The highest BCUT2D eigenvalue weighted by molar-refractivity contribution is 9.10.